The molecule has 0 aliphatic carbocycles. The first-order chi connectivity index (χ1) is 15.2. The maximum absolute atomic E-state index is 12.3. The number of urea groups is 1. The van der Waals surface area contributed by atoms with Crippen molar-refractivity contribution in [2.45, 2.75) is 20.3 Å². The highest BCUT2D eigenvalue weighted by Gasteiger charge is 2.08. The summed E-state index contributed by atoms with van der Waals surface area (Å²) >= 11 is 0. The van der Waals surface area contributed by atoms with Gasteiger partial charge in [0.1, 0.15) is 12.4 Å². The Kier molecular flexibility index (Phi) is 8.48. The zero-order chi connectivity index (χ0) is 21.9. The lowest BCUT2D eigenvalue weighted by atomic mass is 10.3. The first-order valence-corrected chi connectivity index (χ1v) is 10.8. The monoisotopic (exact) mass is 421 g/mol. The van der Waals surface area contributed by atoms with E-state index in [1.165, 1.54) is 0 Å². The van der Waals surface area contributed by atoms with E-state index in [1.54, 1.807) is 0 Å². The molecule has 0 unspecified atom stereocenters. The smallest absolute Gasteiger partial charge is 0.319 e. The Morgan fingerprint density at radius 2 is 1.77 bits per heavy atom. The molecule has 0 saturated carbocycles. The summed E-state index contributed by atoms with van der Waals surface area (Å²) in [5, 5.41) is 10.3. The number of likely N-dealkylation sites (N-methyl/N-ethyl adjacent to an activating group) is 1. The van der Waals surface area contributed by atoms with Gasteiger partial charge in [-0.3, -0.25) is 0 Å². The second-order valence-electron chi connectivity index (χ2n) is 7.09. The van der Waals surface area contributed by atoms with E-state index < -0.39 is 0 Å². The molecule has 0 saturated heterocycles. The third-order valence-corrected chi connectivity index (χ3v) is 5.03. The zero-order valence-electron chi connectivity index (χ0n) is 18.3. The molecule has 1 heterocycles. The van der Waals surface area contributed by atoms with Crippen LogP contribution in [0.2, 0.25) is 0 Å². The molecule has 2 aromatic carbocycles. The molecule has 2 amide bonds. The van der Waals surface area contributed by atoms with Gasteiger partial charge in [-0.2, -0.15) is 5.10 Å². The lowest BCUT2D eigenvalue weighted by molar-refractivity contribution is 0.223. The average Bonchev–Trinajstić information content (AvgIpc) is 3.27. The van der Waals surface area contributed by atoms with Gasteiger partial charge in [0.25, 0.3) is 0 Å². The third-order valence-electron chi connectivity index (χ3n) is 5.03. The van der Waals surface area contributed by atoms with Crippen LogP contribution in [0, 0.1) is 0 Å². The standard InChI is InChI=1S/C24H31N5O2/c1-3-28(4-2)18-19-31-23-13-9-8-12-22(23)26-24(30)25-16-14-20-15-17-29(27-20)21-10-6-5-7-11-21/h5-13,15,17H,3-4,14,16,18-19H2,1-2H3,(H2,25,26,30). The summed E-state index contributed by atoms with van der Waals surface area (Å²) in [6.07, 6.45) is 2.58. The maximum Gasteiger partial charge on any atom is 0.319 e. The lowest BCUT2D eigenvalue weighted by Crippen LogP contribution is -2.31. The van der Waals surface area contributed by atoms with Crippen molar-refractivity contribution >= 4 is 11.7 Å². The van der Waals surface area contributed by atoms with E-state index in [1.807, 2.05) is 71.5 Å². The van der Waals surface area contributed by atoms with Gasteiger partial charge < -0.3 is 20.3 Å². The fourth-order valence-electron chi connectivity index (χ4n) is 3.21. The highest BCUT2D eigenvalue weighted by Crippen LogP contribution is 2.23. The average molecular weight is 422 g/mol. The van der Waals surface area contributed by atoms with Crippen molar-refractivity contribution in [1.82, 2.24) is 20.0 Å². The van der Waals surface area contributed by atoms with E-state index in [-0.39, 0.29) is 6.03 Å². The fraction of sp³-hybridized carbons (Fsp3) is 0.333. The van der Waals surface area contributed by atoms with Crippen LogP contribution in [0.25, 0.3) is 5.69 Å². The first kappa shape index (κ1) is 22.4. The molecule has 2 N–H and O–H groups in total. The van der Waals surface area contributed by atoms with Gasteiger partial charge in [0, 0.05) is 25.7 Å². The van der Waals surface area contributed by atoms with Crippen molar-refractivity contribution < 1.29 is 9.53 Å². The molecule has 7 nitrogen and oxygen atoms in total. The van der Waals surface area contributed by atoms with Crippen molar-refractivity contribution in [3.05, 3.63) is 72.6 Å². The number of nitrogens with zero attached hydrogens (tertiary/aromatic N) is 3. The summed E-state index contributed by atoms with van der Waals surface area (Å²) in [5.41, 5.74) is 2.59. The Morgan fingerprint density at radius 3 is 2.55 bits per heavy atom. The Morgan fingerprint density at radius 1 is 1.03 bits per heavy atom. The van der Waals surface area contributed by atoms with Crippen LogP contribution in [-0.2, 0) is 6.42 Å². The van der Waals surface area contributed by atoms with E-state index in [2.05, 4.69) is 34.5 Å². The maximum atomic E-state index is 12.3. The van der Waals surface area contributed by atoms with Crippen LogP contribution in [-0.4, -0.2) is 53.5 Å². The number of carbonyl (C=O) groups is 1. The second-order valence-corrected chi connectivity index (χ2v) is 7.09. The molecule has 0 radical (unpaired) electrons. The van der Waals surface area contributed by atoms with E-state index in [0.717, 1.165) is 31.0 Å². The number of hydrogen-bond donors (Lipinski definition) is 2. The number of amides is 2. The minimum atomic E-state index is -0.262. The molecule has 0 bridgehead atoms. The predicted octanol–water partition coefficient (Wildman–Crippen LogP) is 3.96. The van der Waals surface area contributed by atoms with Crippen LogP contribution < -0.4 is 15.4 Å². The summed E-state index contributed by atoms with van der Waals surface area (Å²) in [5.74, 6) is 0.673. The van der Waals surface area contributed by atoms with Crippen LogP contribution in [0.3, 0.4) is 0 Å². The van der Waals surface area contributed by atoms with E-state index in [9.17, 15) is 4.79 Å². The van der Waals surface area contributed by atoms with Gasteiger partial charge >= 0.3 is 6.03 Å². The summed E-state index contributed by atoms with van der Waals surface area (Å²) in [4.78, 5) is 14.6. The van der Waals surface area contributed by atoms with Gasteiger partial charge in [-0.1, -0.05) is 44.2 Å². The van der Waals surface area contributed by atoms with E-state index in [0.29, 0.717) is 31.0 Å². The number of rotatable bonds is 11. The van der Waals surface area contributed by atoms with Crippen molar-refractivity contribution in [3.63, 3.8) is 0 Å². The summed E-state index contributed by atoms with van der Waals surface area (Å²) in [6, 6.07) is 19.1. The molecule has 0 fully saturated rings. The Balaban J connectivity index is 1.45. The largest absolute Gasteiger partial charge is 0.490 e. The molecule has 3 aromatic rings. The SMILES string of the molecule is CCN(CC)CCOc1ccccc1NC(=O)NCCc1ccn(-c2ccccc2)n1. The minimum Gasteiger partial charge on any atom is -0.490 e. The normalized spacial score (nSPS) is 10.8. The van der Waals surface area contributed by atoms with Crippen LogP contribution in [0.15, 0.2) is 66.9 Å². The number of nitrogens with one attached hydrogen (secondary N) is 2. The van der Waals surface area contributed by atoms with Crippen molar-refractivity contribution in [3.8, 4) is 11.4 Å². The fourth-order valence-corrected chi connectivity index (χ4v) is 3.21. The molecular weight excluding hydrogens is 390 g/mol. The van der Waals surface area contributed by atoms with E-state index in [4.69, 9.17) is 4.74 Å². The molecule has 3 rings (SSSR count). The number of hydrogen-bond acceptors (Lipinski definition) is 4. The molecular formula is C24H31N5O2. The zero-order valence-corrected chi connectivity index (χ0v) is 18.3. The van der Waals surface area contributed by atoms with Crippen molar-refractivity contribution in [2.75, 3.05) is 38.1 Å². The van der Waals surface area contributed by atoms with Crippen LogP contribution >= 0.6 is 0 Å². The number of benzene rings is 2. The highest BCUT2D eigenvalue weighted by molar-refractivity contribution is 5.90. The van der Waals surface area contributed by atoms with E-state index >= 15 is 0 Å². The van der Waals surface area contributed by atoms with Crippen LogP contribution in [0.1, 0.15) is 19.5 Å². The lowest BCUT2D eigenvalue weighted by Gasteiger charge is -2.19. The van der Waals surface area contributed by atoms with Gasteiger partial charge in [-0.15, -0.1) is 0 Å². The number of carbonyl (C=O) groups excluding carboxylic acids is 1. The van der Waals surface area contributed by atoms with Crippen molar-refractivity contribution in [1.29, 1.82) is 0 Å². The third kappa shape index (κ3) is 6.86. The number of ether oxygens (including phenoxy) is 1. The predicted molar refractivity (Wildman–Crippen MR) is 124 cm³/mol. The van der Waals surface area contributed by atoms with Crippen LogP contribution in [0.5, 0.6) is 5.75 Å². The number of para-hydroxylation sites is 3. The first-order valence-electron chi connectivity index (χ1n) is 10.8. The molecule has 0 aliphatic rings. The summed E-state index contributed by atoms with van der Waals surface area (Å²) in [7, 11) is 0. The number of anilines is 1. The quantitative estimate of drug-likeness (QED) is 0.492. The summed E-state index contributed by atoms with van der Waals surface area (Å²) < 4.78 is 7.73. The Labute approximate surface area is 184 Å². The van der Waals surface area contributed by atoms with Gasteiger partial charge in [-0.05, 0) is 43.4 Å². The Hall–Kier alpha value is -3.32. The minimum absolute atomic E-state index is 0.262. The summed E-state index contributed by atoms with van der Waals surface area (Å²) in [6.45, 7) is 8.17. The Bertz CT molecular complexity index is 938. The van der Waals surface area contributed by atoms with Crippen molar-refractivity contribution in [2.24, 2.45) is 0 Å². The second kappa shape index (κ2) is 11.8. The molecule has 0 spiro atoms. The number of aromatic nitrogens is 2. The molecule has 164 valence electrons. The molecule has 0 aliphatic heterocycles. The van der Waals surface area contributed by atoms with Gasteiger partial charge in [0.05, 0.1) is 17.1 Å². The molecule has 1 aromatic heterocycles. The molecule has 0 atom stereocenters. The topological polar surface area (TPSA) is 71.4 Å². The van der Waals surface area contributed by atoms with Gasteiger partial charge in [0.15, 0.2) is 0 Å². The molecule has 31 heavy (non-hydrogen) atoms. The van der Waals surface area contributed by atoms with Gasteiger partial charge in [-0.25, -0.2) is 9.48 Å². The van der Waals surface area contributed by atoms with Gasteiger partial charge in [0.2, 0.25) is 0 Å². The molecule has 7 heteroatoms. The van der Waals surface area contributed by atoms with Crippen LogP contribution in [0.4, 0.5) is 10.5 Å². The highest BCUT2D eigenvalue weighted by atomic mass is 16.5.